The highest BCUT2D eigenvalue weighted by Crippen LogP contribution is 2.33. The van der Waals surface area contributed by atoms with Crippen LogP contribution in [-0.2, 0) is 19.1 Å². The molecule has 4 nitrogen and oxygen atoms in total. The minimum absolute atomic E-state index is 0.205. The molecular formula is C11H14O4. The van der Waals surface area contributed by atoms with Crippen LogP contribution in [0.2, 0.25) is 0 Å². The fourth-order valence-corrected chi connectivity index (χ4v) is 1.49. The smallest absolute Gasteiger partial charge is 0.330 e. The molecule has 3 unspecified atom stereocenters. The Hall–Kier alpha value is -1.58. The van der Waals surface area contributed by atoms with Gasteiger partial charge in [0.05, 0.1) is 0 Å². The number of hydrogen-bond acceptors (Lipinski definition) is 4. The van der Waals surface area contributed by atoms with E-state index in [0.717, 1.165) is 12.2 Å². The van der Waals surface area contributed by atoms with Crippen LogP contribution in [0.3, 0.4) is 0 Å². The number of rotatable bonds is 4. The van der Waals surface area contributed by atoms with Gasteiger partial charge >= 0.3 is 11.9 Å². The first-order chi connectivity index (χ1) is 7.08. The zero-order valence-electron chi connectivity index (χ0n) is 8.64. The molecule has 0 aromatic heterocycles. The molecule has 0 aromatic carbocycles. The molecule has 1 saturated carbocycles. The second-order valence-electron chi connectivity index (χ2n) is 3.50. The first kappa shape index (κ1) is 11.5. The molecule has 1 aliphatic carbocycles. The molecule has 0 aliphatic heterocycles. The average Bonchev–Trinajstić information content (AvgIpc) is 2.24. The number of carbonyl (C=O) groups excluding carboxylic acids is 2. The van der Waals surface area contributed by atoms with Crippen LogP contribution in [0, 0.1) is 5.92 Å². The summed E-state index contributed by atoms with van der Waals surface area (Å²) >= 11 is 0. The van der Waals surface area contributed by atoms with E-state index < -0.39 is 11.9 Å². The molecule has 0 amide bonds. The average molecular weight is 210 g/mol. The standard InChI is InChI=1S/C11H14O4/c1-4-9(12)14-8-6-7(3)11(8)15-10(13)5-2/h4-5,7-8,11H,1-2,6H2,3H3. The van der Waals surface area contributed by atoms with E-state index in [1.54, 1.807) is 0 Å². The summed E-state index contributed by atoms with van der Waals surface area (Å²) in [4.78, 5) is 21.9. The Labute approximate surface area is 88.6 Å². The third kappa shape index (κ3) is 2.68. The van der Waals surface area contributed by atoms with Crippen molar-refractivity contribution in [2.24, 2.45) is 5.92 Å². The first-order valence-electron chi connectivity index (χ1n) is 4.74. The summed E-state index contributed by atoms with van der Waals surface area (Å²) in [6.07, 6.45) is 2.18. The molecule has 0 spiro atoms. The van der Waals surface area contributed by atoms with E-state index in [2.05, 4.69) is 13.2 Å². The van der Waals surface area contributed by atoms with Crippen molar-refractivity contribution in [2.45, 2.75) is 25.6 Å². The van der Waals surface area contributed by atoms with Crippen molar-refractivity contribution in [3.63, 3.8) is 0 Å². The minimum Gasteiger partial charge on any atom is -0.455 e. The quantitative estimate of drug-likeness (QED) is 0.517. The van der Waals surface area contributed by atoms with Crippen molar-refractivity contribution in [1.29, 1.82) is 0 Å². The lowest BCUT2D eigenvalue weighted by molar-refractivity contribution is -0.184. The summed E-state index contributed by atoms with van der Waals surface area (Å²) in [5.41, 5.74) is 0. The van der Waals surface area contributed by atoms with E-state index in [1.807, 2.05) is 6.92 Å². The lowest BCUT2D eigenvalue weighted by Crippen LogP contribution is -2.50. The second-order valence-corrected chi connectivity index (χ2v) is 3.50. The summed E-state index contributed by atoms with van der Waals surface area (Å²) in [5.74, 6) is -0.783. The maximum absolute atomic E-state index is 11.0. The third-order valence-corrected chi connectivity index (χ3v) is 2.38. The topological polar surface area (TPSA) is 52.6 Å². The van der Waals surface area contributed by atoms with Gasteiger partial charge in [-0.25, -0.2) is 9.59 Å². The summed E-state index contributed by atoms with van der Waals surface area (Å²) in [6, 6.07) is 0. The highest BCUT2D eigenvalue weighted by Gasteiger charge is 2.43. The van der Waals surface area contributed by atoms with E-state index in [4.69, 9.17) is 9.47 Å². The van der Waals surface area contributed by atoms with E-state index >= 15 is 0 Å². The van der Waals surface area contributed by atoms with Crippen molar-refractivity contribution in [2.75, 3.05) is 0 Å². The lowest BCUT2D eigenvalue weighted by atomic mass is 9.80. The number of hydrogen-bond donors (Lipinski definition) is 0. The van der Waals surface area contributed by atoms with Crippen molar-refractivity contribution in [3.05, 3.63) is 25.3 Å². The Bertz CT molecular complexity index is 295. The zero-order valence-corrected chi connectivity index (χ0v) is 8.64. The highest BCUT2D eigenvalue weighted by molar-refractivity contribution is 5.82. The Kier molecular flexibility index (Phi) is 3.66. The Morgan fingerprint density at radius 2 is 1.73 bits per heavy atom. The predicted molar refractivity (Wildman–Crippen MR) is 53.9 cm³/mol. The van der Waals surface area contributed by atoms with Gasteiger partial charge in [-0.3, -0.25) is 0 Å². The van der Waals surface area contributed by atoms with Crippen LogP contribution < -0.4 is 0 Å². The van der Waals surface area contributed by atoms with Gasteiger partial charge < -0.3 is 9.47 Å². The van der Waals surface area contributed by atoms with E-state index in [-0.39, 0.29) is 18.1 Å². The summed E-state index contributed by atoms with van der Waals surface area (Å²) in [5, 5.41) is 0. The van der Waals surface area contributed by atoms with E-state index in [0.29, 0.717) is 6.42 Å². The van der Waals surface area contributed by atoms with Gasteiger partial charge in [0.25, 0.3) is 0 Å². The summed E-state index contributed by atoms with van der Waals surface area (Å²) in [7, 11) is 0. The fourth-order valence-electron chi connectivity index (χ4n) is 1.49. The molecule has 15 heavy (non-hydrogen) atoms. The third-order valence-electron chi connectivity index (χ3n) is 2.38. The van der Waals surface area contributed by atoms with Crippen molar-refractivity contribution >= 4 is 11.9 Å². The molecule has 0 aromatic rings. The number of carbonyl (C=O) groups is 2. The number of ether oxygens (including phenoxy) is 2. The van der Waals surface area contributed by atoms with Gasteiger partial charge in [0.2, 0.25) is 0 Å². The molecule has 0 saturated heterocycles. The van der Waals surface area contributed by atoms with Crippen molar-refractivity contribution in [3.8, 4) is 0 Å². The van der Waals surface area contributed by atoms with Gasteiger partial charge in [0.15, 0.2) is 0 Å². The van der Waals surface area contributed by atoms with Gasteiger partial charge in [-0.15, -0.1) is 0 Å². The molecule has 0 heterocycles. The molecule has 0 bridgehead atoms. The van der Waals surface area contributed by atoms with Crippen molar-refractivity contribution in [1.82, 2.24) is 0 Å². The zero-order chi connectivity index (χ0) is 11.4. The Morgan fingerprint density at radius 3 is 2.20 bits per heavy atom. The van der Waals surface area contributed by atoms with Crippen LogP contribution in [0.1, 0.15) is 13.3 Å². The van der Waals surface area contributed by atoms with Crippen LogP contribution in [0.4, 0.5) is 0 Å². The Morgan fingerprint density at radius 1 is 1.20 bits per heavy atom. The van der Waals surface area contributed by atoms with Gasteiger partial charge in [0.1, 0.15) is 12.2 Å². The Balaban J connectivity index is 2.47. The summed E-state index contributed by atoms with van der Waals surface area (Å²) < 4.78 is 10.0. The van der Waals surface area contributed by atoms with Crippen LogP contribution in [0.5, 0.6) is 0 Å². The maximum Gasteiger partial charge on any atom is 0.330 e. The molecule has 4 heteroatoms. The van der Waals surface area contributed by atoms with E-state index in [1.165, 1.54) is 0 Å². The summed E-state index contributed by atoms with van der Waals surface area (Å²) in [6.45, 7) is 8.53. The normalized spacial score (nSPS) is 28.5. The van der Waals surface area contributed by atoms with Crippen molar-refractivity contribution < 1.29 is 19.1 Å². The second kappa shape index (κ2) is 4.77. The van der Waals surface area contributed by atoms with Crippen LogP contribution in [0.15, 0.2) is 25.3 Å². The molecule has 3 atom stereocenters. The molecule has 82 valence electrons. The van der Waals surface area contributed by atoms with Gasteiger partial charge in [-0.1, -0.05) is 20.1 Å². The highest BCUT2D eigenvalue weighted by atomic mass is 16.6. The lowest BCUT2D eigenvalue weighted by Gasteiger charge is -2.40. The molecule has 0 radical (unpaired) electrons. The largest absolute Gasteiger partial charge is 0.455 e. The van der Waals surface area contributed by atoms with Crippen LogP contribution >= 0.6 is 0 Å². The molecule has 1 aliphatic rings. The molecule has 1 rings (SSSR count). The predicted octanol–water partition coefficient (Wildman–Crippen LogP) is 1.22. The van der Waals surface area contributed by atoms with Gasteiger partial charge in [0, 0.05) is 18.1 Å². The SMILES string of the molecule is C=CC(=O)OC1CC(C)C1OC(=O)C=C. The van der Waals surface area contributed by atoms with Gasteiger partial charge in [-0.2, -0.15) is 0 Å². The monoisotopic (exact) mass is 210 g/mol. The fraction of sp³-hybridized carbons (Fsp3) is 0.455. The van der Waals surface area contributed by atoms with Crippen LogP contribution in [0.25, 0.3) is 0 Å². The first-order valence-corrected chi connectivity index (χ1v) is 4.74. The molecule has 1 fully saturated rings. The van der Waals surface area contributed by atoms with Crippen LogP contribution in [-0.4, -0.2) is 24.1 Å². The van der Waals surface area contributed by atoms with E-state index in [9.17, 15) is 9.59 Å². The molecule has 0 N–H and O–H groups in total. The van der Waals surface area contributed by atoms with Gasteiger partial charge in [-0.05, 0) is 6.42 Å². The maximum atomic E-state index is 11.0. The molecular weight excluding hydrogens is 196 g/mol. The number of esters is 2. The minimum atomic E-state index is -0.494.